The highest BCUT2D eigenvalue weighted by Gasteiger charge is 2.41. The predicted octanol–water partition coefficient (Wildman–Crippen LogP) is -0.148. The highest BCUT2D eigenvalue weighted by molar-refractivity contribution is 7.89. The van der Waals surface area contributed by atoms with Crippen LogP contribution in [-0.2, 0) is 14.8 Å². The summed E-state index contributed by atoms with van der Waals surface area (Å²) >= 11 is 0. The number of nitrogens with two attached hydrogens (primary N) is 1. The third-order valence-corrected chi connectivity index (χ3v) is 5.80. The molecule has 1 saturated heterocycles. The summed E-state index contributed by atoms with van der Waals surface area (Å²) in [6.45, 7) is 4.04. The first-order chi connectivity index (χ1) is 12.2. The number of aliphatic carboxylic acids is 1. The van der Waals surface area contributed by atoms with E-state index in [4.69, 9.17) is 10.5 Å². The lowest BCUT2D eigenvalue weighted by Crippen LogP contribution is -2.61. The van der Waals surface area contributed by atoms with Gasteiger partial charge in [0, 0.05) is 19.1 Å². The van der Waals surface area contributed by atoms with E-state index in [0.29, 0.717) is 12.3 Å². The first kappa shape index (κ1) is 20.2. The smallest absolute Gasteiger partial charge is 0.323 e. The number of carboxylic acids is 1. The number of nitrogens with one attached hydrogen (secondary N) is 1. The van der Waals surface area contributed by atoms with Crippen LogP contribution in [0.4, 0.5) is 0 Å². The molecule has 0 aliphatic carbocycles. The highest BCUT2D eigenvalue weighted by Crippen LogP contribution is 2.23. The number of carbonyl (C=O) groups is 1. The van der Waals surface area contributed by atoms with Crippen molar-refractivity contribution in [3.05, 3.63) is 24.3 Å². The Bertz CT molecular complexity index is 796. The van der Waals surface area contributed by atoms with Crippen LogP contribution in [0.3, 0.4) is 0 Å². The minimum absolute atomic E-state index is 0.0202. The minimum Gasteiger partial charge on any atom is -0.481 e. The zero-order valence-electron chi connectivity index (χ0n) is 14.7. The summed E-state index contributed by atoms with van der Waals surface area (Å²) in [6, 6.07) is 3.95. The van der Waals surface area contributed by atoms with E-state index >= 15 is 0 Å². The molecule has 4 N–H and O–H groups in total. The van der Waals surface area contributed by atoms with E-state index in [-0.39, 0.29) is 24.1 Å². The zero-order chi connectivity index (χ0) is 19.3. The number of rotatable bonds is 5. The van der Waals surface area contributed by atoms with Gasteiger partial charge in [-0.1, -0.05) is 11.8 Å². The maximum Gasteiger partial charge on any atom is 0.323 e. The molecule has 1 aromatic carbocycles. The maximum absolute atomic E-state index is 12.9. The van der Waals surface area contributed by atoms with Crippen LogP contribution < -0.4 is 15.8 Å². The van der Waals surface area contributed by atoms with Crippen molar-refractivity contribution in [3.63, 3.8) is 0 Å². The van der Waals surface area contributed by atoms with E-state index in [1.54, 1.807) is 13.8 Å². The van der Waals surface area contributed by atoms with E-state index < -0.39 is 28.1 Å². The molecule has 1 aliphatic heterocycles. The summed E-state index contributed by atoms with van der Waals surface area (Å²) in [5.41, 5.74) is 5.51. The standard InChI is InChI=1S/C17H23N3O5S/c1-12(18)4-3-11-25-14-5-7-15(8-6-14)26(23,24)20-10-9-19-13(2)16(20)17(21)22/h5-8,12-13,16,19H,9-11,18H2,1-2H3,(H,21,22). The molecule has 2 rings (SSSR count). The van der Waals surface area contributed by atoms with Crippen molar-refractivity contribution < 1.29 is 23.1 Å². The number of nitrogens with zero attached hydrogens (tertiary/aromatic N) is 1. The van der Waals surface area contributed by atoms with Gasteiger partial charge in [-0.25, -0.2) is 8.42 Å². The van der Waals surface area contributed by atoms with E-state index in [1.165, 1.54) is 24.3 Å². The van der Waals surface area contributed by atoms with Crippen LogP contribution in [0.15, 0.2) is 29.2 Å². The second kappa shape index (κ2) is 8.51. The molecular formula is C17H23N3O5S. The predicted molar refractivity (Wildman–Crippen MR) is 96.1 cm³/mol. The second-order valence-corrected chi connectivity index (χ2v) is 7.90. The Morgan fingerprint density at radius 2 is 2.12 bits per heavy atom. The molecule has 26 heavy (non-hydrogen) atoms. The summed E-state index contributed by atoms with van der Waals surface area (Å²) in [6.07, 6.45) is 0. The molecule has 9 heteroatoms. The number of piperazine rings is 1. The van der Waals surface area contributed by atoms with Crippen molar-refractivity contribution in [2.45, 2.75) is 36.9 Å². The number of carboxylic acid groups (broad SMARTS) is 1. The normalized spacial score (nSPS) is 22.1. The number of hydrogen-bond donors (Lipinski definition) is 3. The minimum atomic E-state index is -3.93. The third kappa shape index (κ3) is 4.74. The van der Waals surface area contributed by atoms with E-state index in [2.05, 4.69) is 17.2 Å². The average molecular weight is 381 g/mol. The van der Waals surface area contributed by atoms with Gasteiger partial charge in [0.05, 0.1) is 10.9 Å². The summed E-state index contributed by atoms with van der Waals surface area (Å²) < 4.78 is 32.1. The molecule has 0 saturated carbocycles. The van der Waals surface area contributed by atoms with Crippen molar-refractivity contribution in [2.75, 3.05) is 19.7 Å². The molecule has 1 aromatic rings. The molecule has 1 fully saturated rings. The topological polar surface area (TPSA) is 122 Å². The fourth-order valence-corrected chi connectivity index (χ4v) is 4.33. The molecule has 3 unspecified atom stereocenters. The molecule has 1 heterocycles. The molecule has 3 atom stereocenters. The van der Waals surface area contributed by atoms with Crippen LogP contribution in [0.25, 0.3) is 0 Å². The van der Waals surface area contributed by atoms with Gasteiger partial charge in [0.25, 0.3) is 0 Å². The van der Waals surface area contributed by atoms with Crippen molar-refractivity contribution in [1.82, 2.24) is 9.62 Å². The largest absolute Gasteiger partial charge is 0.481 e. The first-order valence-electron chi connectivity index (χ1n) is 8.18. The Balaban J connectivity index is 2.16. The Morgan fingerprint density at radius 3 is 2.69 bits per heavy atom. The van der Waals surface area contributed by atoms with Crippen LogP contribution in [0.2, 0.25) is 0 Å². The Hall–Kier alpha value is -2.12. The highest BCUT2D eigenvalue weighted by atomic mass is 32.2. The summed E-state index contributed by atoms with van der Waals surface area (Å²) in [5, 5.41) is 12.4. The van der Waals surface area contributed by atoms with Gasteiger partial charge < -0.3 is 20.9 Å². The summed E-state index contributed by atoms with van der Waals surface area (Å²) in [4.78, 5) is 11.5. The van der Waals surface area contributed by atoms with Crippen molar-refractivity contribution >= 4 is 16.0 Å². The van der Waals surface area contributed by atoms with Crippen molar-refractivity contribution in [1.29, 1.82) is 0 Å². The molecule has 0 spiro atoms. The van der Waals surface area contributed by atoms with Gasteiger partial charge in [0.1, 0.15) is 18.4 Å². The van der Waals surface area contributed by atoms with Crippen LogP contribution in [-0.4, -0.2) is 61.6 Å². The molecule has 142 valence electrons. The van der Waals surface area contributed by atoms with Crippen LogP contribution in [0.1, 0.15) is 13.8 Å². The average Bonchev–Trinajstić information content (AvgIpc) is 2.58. The lowest BCUT2D eigenvalue weighted by atomic mass is 10.1. The second-order valence-electron chi connectivity index (χ2n) is 6.01. The maximum atomic E-state index is 12.9. The quantitative estimate of drug-likeness (QED) is 0.606. The summed E-state index contributed by atoms with van der Waals surface area (Å²) in [5.74, 6) is 4.79. The van der Waals surface area contributed by atoms with E-state index in [0.717, 1.165) is 4.31 Å². The zero-order valence-corrected chi connectivity index (χ0v) is 15.5. The number of benzene rings is 1. The molecule has 0 aromatic heterocycles. The van der Waals surface area contributed by atoms with Gasteiger partial charge in [-0.15, -0.1) is 0 Å². The third-order valence-electron chi connectivity index (χ3n) is 3.91. The van der Waals surface area contributed by atoms with Gasteiger partial charge in [-0.2, -0.15) is 4.31 Å². The van der Waals surface area contributed by atoms with Gasteiger partial charge in [-0.3, -0.25) is 4.79 Å². The Labute approximate surface area is 153 Å². The van der Waals surface area contributed by atoms with Crippen molar-refractivity contribution in [3.8, 4) is 17.6 Å². The van der Waals surface area contributed by atoms with Gasteiger partial charge in [-0.05, 0) is 38.1 Å². The van der Waals surface area contributed by atoms with Crippen LogP contribution >= 0.6 is 0 Å². The van der Waals surface area contributed by atoms with Crippen LogP contribution in [0, 0.1) is 11.8 Å². The first-order valence-corrected chi connectivity index (χ1v) is 9.62. The molecule has 0 amide bonds. The van der Waals surface area contributed by atoms with Gasteiger partial charge >= 0.3 is 5.97 Å². The molecule has 1 aliphatic rings. The molecule has 0 bridgehead atoms. The fraction of sp³-hybridized carbons (Fsp3) is 0.471. The molecular weight excluding hydrogens is 358 g/mol. The Kier molecular flexibility index (Phi) is 6.61. The van der Waals surface area contributed by atoms with E-state index in [9.17, 15) is 18.3 Å². The number of ether oxygens (including phenoxy) is 1. The Morgan fingerprint density at radius 1 is 1.46 bits per heavy atom. The van der Waals surface area contributed by atoms with E-state index in [1.807, 2.05) is 0 Å². The summed E-state index contributed by atoms with van der Waals surface area (Å²) in [7, 11) is -3.93. The van der Waals surface area contributed by atoms with Gasteiger partial charge in [0.2, 0.25) is 10.0 Å². The number of sulfonamides is 1. The monoisotopic (exact) mass is 381 g/mol. The lowest BCUT2D eigenvalue weighted by molar-refractivity contribution is -0.143. The molecule has 0 radical (unpaired) electrons. The SMILES string of the molecule is CC(N)C#CCOc1ccc(S(=O)(=O)N2CCNC(C)C2C(=O)O)cc1. The van der Waals surface area contributed by atoms with Crippen LogP contribution in [0.5, 0.6) is 5.75 Å². The number of hydrogen-bond acceptors (Lipinski definition) is 6. The molecule has 8 nitrogen and oxygen atoms in total. The fourth-order valence-electron chi connectivity index (χ4n) is 2.67. The van der Waals surface area contributed by atoms with Crippen molar-refractivity contribution in [2.24, 2.45) is 5.73 Å². The lowest BCUT2D eigenvalue weighted by Gasteiger charge is -2.36. The van der Waals surface area contributed by atoms with Gasteiger partial charge in [0.15, 0.2) is 0 Å².